The first-order valence-electron chi connectivity index (χ1n) is 15.2. The molecule has 1 aromatic rings. The maximum Gasteiger partial charge on any atom is 0.259 e. The van der Waals surface area contributed by atoms with Gasteiger partial charge in [0.2, 0.25) is 5.91 Å². The summed E-state index contributed by atoms with van der Waals surface area (Å²) in [6, 6.07) is -0.450. The Morgan fingerprint density at radius 3 is 1.93 bits per heavy atom. The number of nitrogens with one attached hydrogen (secondary N) is 3. The van der Waals surface area contributed by atoms with Crippen molar-refractivity contribution in [1.29, 1.82) is 0 Å². The fraction of sp³-hybridized carbons (Fsp3) is 0.714. The van der Waals surface area contributed by atoms with Gasteiger partial charge in [0.25, 0.3) is 11.3 Å². The van der Waals surface area contributed by atoms with Crippen LogP contribution in [-0.4, -0.2) is 101 Å². The number of carbonyl (C=O) groups is 2. The summed E-state index contributed by atoms with van der Waals surface area (Å²) in [5.41, 5.74) is -2.13. The number of carbonyl (C=O) groups excluding carboxylic acids is 2. The lowest BCUT2D eigenvalue weighted by atomic mass is 9.96. The average molecular weight is 704 g/mol. The number of ether oxygens (including phenoxy) is 4. The highest BCUT2D eigenvalue weighted by Gasteiger charge is 2.34. The minimum Gasteiger partial charge on any atom is -0.379 e. The zero-order chi connectivity index (χ0) is 33.8. The molecule has 1 amide bonds. The van der Waals surface area contributed by atoms with Crippen LogP contribution in [-0.2, 0) is 49.6 Å². The number of halogens is 3. The number of amides is 1. The van der Waals surface area contributed by atoms with Crippen LogP contribution in [0.25, 0.3) is 0 Å². The number of aldehydes is 1. The first kappa shape index (κ1) is 39.8. The minimum absolute atomic E-state index is 0.0386. The molecule has 0 bridgehead atoms. The van der Waals surface area contributed by atoms with E-state index < -0.39 is 78.9 Å². The molecule has 18 heteroatoms. The number of anilines is 2. The number of hydrogen-bond donors (Lipinski definition) is 4. The van der Waals surface area contributed by atoms with Crippen molar-refractivity contribution in [2.24, 2.45) is 0 Å². The van der Waals surface area contributed by atoms with Crippen molar-refractivity contribution in [3.8, 4) is 0 Å². The van der Waals surface area contributed by atoms with E-state index in [0.717, 1.165) is 38.4 Å². The van der Waals surface area contributed by atoms with E-state index in [2.05, 4.69) is 10.6 Å². The third-order valence-electron chi connectivity index (χ3n) is 6.89. The molecule has 0 aromatic heterocycles. The van der Waals surface area contributed by atoms with Gasteiger partial charge >= 0.3 is 0 Å². The Balaban J connectivity index is 1.85. The molecule has 1 aliphatic rings. The Labute approximate surface area is 270 Å². The van der Waals surface area contributed by atoms with Gasteiger partial charge in [-0.3, -0.25) is 14.1 Å². The molecule has 0 saturated heterocycles. The van der Waals surface area contributed by atoms with E-state index in [1.54, 1.807) is 4.72 Å². The lowest BCUT2D eigenvalue weighted by Gasteiger charge is -2.25. The fourth-order valence-corrected chi connectivity index (χ4v) is 6.45. The molecule has 4 N–H and O–H groups in total. The molecule has 46 heavy (non-hydrogen) atoms. The quantitative estimate of drug-likeness (QED) is 0.0570. The zero-order valence-corrected chi connectivity index (χ0v) is 27.3. The molecule has 0 aliphatic heterocycles. The van der Waals surface area contributed by atoms with Crippen LogP contribution in [0.4, 0.5) is 24.5 Å². The second kappa shape index (κ2) is 22.3. The molecule has 1 atom stereocenters. The number of hydrogen-bond acceptors (Lipinski definition) is 10. The first-order chi connectivity index (χ1) is 22.1. The second-order valence-electron chi connectivity index (χ2n) is 10.4. The van der Waals surface area contributed by atoms with E-state index >= 15 is 8.78 Å². The van der Waals surface area contributed by atoms with Gasteiger partial charge in [0.1, 0.15) is 16.9 Å². The molecular formula is C28H44F3N3O10S2. The summed E-state index contributed by atoms with van der Waals surface area (Å²) < 4.78 is 115. The largest absolute Gasteiger partial charge is 0.379 e. The van der Waals surface area contributed by atoms with Crippen molar-refractivity contribution in [3.05, 3.63) is 17.5 Å². The average Bonchev–Trinajstić information content (AvgIpc) is 3.00. The molecule has 2 rings (SSSR count). The molecule has 0 radical (unpaired) electrons. The summed E-state index contributed by atoms with van der Waals surface area (Å²) in [7, 11) is -4.76. The molecule has 13 nitrogen and oxygen atoms in total. The predicted molar refractivity (Wildman–Crippen MR) is 164 cm³/mol. The van der Waals surface area contributed by atoms with Crippen LogP contribution in [0.5, 0.6) is 0 Å². The summed E-state index contributed by atoms with van der Waals surface area (Å²) >= 11 is -2.97. The van der Waals surface area contributed by atoms with Crippen molar-refractivity contribution >= 4 is 44.7 Å². The maximum absolute atomic E-state index is 15.5. The van der Waals surface area contributed by atoms with Gasteiger partial charge in [0, 0.05) is 25.4 Å². The fourth-order valence-electron chi connectivity index (χ4n) is 4.62. The highest BCUT2D eigenvalue weighted by atomic mass is 32.2. The van der Waals surface area contributed by atoms with E-state index in [4.69, 9.17) is 23.5 Å². The van der Waals surface area contributed by atoms with Crippen LogP contribution in [0.15, 0.2) is 4.90 Å². The summed E-state index contributed by atoms with van der Waals surface area (Å²) in [6.07, 6.45) is 5.89. The number of rotatable bonds is 23. The van der Waals surface area contributed by atoms with E-state index in [1.165, 1.54) is 0 Å². The van der Waals surface area contributed by atoms with Gasteiger partial charge in [0.15, 0.2) is 27.3 Å². The minimum atomic E-state index is -4.76. The lowest BCUT2D eigenvalue weighted by molar-refractivity contribution is -0.121. The van der Waals surface area contributed by atoms with Crippen LogP contribution in [0, 0.1) is 17.5 Å². The maximum atomic E-state index is 15.5. The highest BCUT2D eigenvalue weighted by molar-refractivity contribution is 7.91. The van der Waals surface area contributed by atoms with Crippen LogP contribution >= 0.6 is 0 Å². The Bertz CT molecular complexity index is 1220. The summed E-state index contributed by atoms with van der Waals surface area (Å²) in [4.78, 5) is 21.2. The van der Waals surface area contributed by atoms with Gasteiger partial charge in [-0.15, -0.1) is 0 Å². The van der Waals surface area contributed by atoms with Gasteiger partial charge in [0.05, 0.1) is 64.3 Å². The van der Waals surface area contributed by atoms with Gasteiger partial charge in [-0.2, -0.15) is 0 Å². The molecule has 1 fully saturated rings. The summed E-state index contributed by atoms with van der Waals surface area (Å²) in [6.45, 7) is 2.41. The molecule has 1 aromatic carbocycles. The first-order valence-corrected chi connectivity index (χ1v) is 17.9. The molecule has 264 valence electrons. The van der Waals surface area contributed by atoms with E-state index in [-0.39, 0.29) is 26.4 Å². The van der Waals surface area contributed by atoms with Crippen molar-refractivity contribution in [2.45, 2.75) is 68.7 Å². The molecular weight excluding hydrogens is 659 g/mol. The van der Waals surface area contributed by atoms with Crippen molar-refractivity contribution in [3.63, 3.8) is 0 Å². The summed E-state index contributed by atoms with van der Waals surface area (Å²) in [5, 5.41) is 5.18. The molecule has 1 aliphatic carbocycles. The van der Waals surface area contributed by atoms with E-state index in [0.29, 0.717) is 52.3 Å². The Hall–Kier alpha value is -2.35. The second-order valence-corrected chi connectivity index (χ2v) is 13.1. The normalized spacial score (nSPS) is 15.1. The monoisotopic (exact) mass is 703 g/mol. The Kier molecular flexibility index (Phi) is 19.3. The van der Waals surface area contributed by atoms with Gasteiger partial charge in [-0.05, 0) is 12.8 Å². The van der Waals surface area contributed by atoms with Gasteiger partial charge in [-0.1, -0.05) is 32.1 Å². The van der Waals surface area contributed by atoms with Crippen molar-refractivity contribution < 1.29 is 58.9 Å². The van der Waals surface area contributed by atoms with E-state index in [9.17, 15) is 26.6 Å². The lowest BCUT2D eigenvalue weighted by Crippen LogP contribution is -2.30. The molecule has 1 unspecified atom stereocenters. The smallest absolute Gasteiger partial charge is 0.259 e. The van der Waals surface area contributed by atoms with Crippen LogP contribution in [0.2, 0.25) is 0 Å². The van der Waals surface area contributed by atoms with Crippen molar-refractivity contribution in [2.75, 3.05) is 75.2 Å². The van der Waals surface area contributed by atoms with Crippen LogP contribution in [0.3, 0.4) is 0 Å². The number of benzene rings is 1. The Morgan fingerprint density at radius 1 is 0.826 bits per heavy atom. The van der Waals surface area contributed by atoms with Gasteiger partial charge in [-0.25, -0.2) is 25.8 Å². The third-order valence-corrected chi connectivity index (χ3v) is 9.02. The topological polar surface area (TPSA) is 179 Å². The van der Waals surface area contributed by atoms with Crippen LogP contribution < -0.4 is 15.4 Å². The summed E-state index contributed by atoms with van der Waals surface area (Å²) in [5.74, 6) is -7.12. The number of sulfone groups is 1. The molecule has 1 saturated carbocycles. The standard InChI is InChI=1S/C28H44F3N3O10S2/c29-23-24(30)28(27(25(31)26(23)34-45(37)38)33-21-7-4-2-1-3-5-8-21)46(39,40)20-9-22(36)32-10-13-42-15-17-44-19-18-43-16-14-41-12-6-11-35/h11,21,33-34H,1-10,12-20H2,(H,32,36)(H,37,38). The SMILES string of the molecule is O=CCCOCCOCCOCCOCCNC(=O)CCS(=O)(=O)c1c(F)c(F)c(NS(=O)O)c(F)c1NC1CCCCCCC1. The van der Waals surface area contributed by atoms with Crippen LogP contribution in [0.1, 0.15) is 57.8 Å². The van der Waals surface area contributed by atoms with Crippen molar-refractivity contribution in [1.82, 2.24) is 5.32 Å². The Morgan fingerprint density at radius 2 is 1.37 bits per heavy atom. The predicted octanol–water partition coefficient (Wildman–Crippen LogP) is 3.11. The van der Waals surface area contributed by atoms with Gasteiger partial charge < -0.3 is 34.4 Å². The zero-order valence-electron chi connectivity index (χ0n) is 25.7. The molecule has 0 heterocycles. The van der Waals surface area contributed by atoms with E-state index in [1.807, 2.05) is 0 Å². The third kappa shape index (κ3) is 14.6. The highest BCUT2D eigenvalue weighted by Crippen LogP contribution is 2.38. The molecule has 0 spiro atoms.